The molecule has 1 fully saturated rings. The average Bonchev–Trinajstić information content (AvgIpc) is 3.18. The molecule has 0 unspecified atom stereocenters. The molecule has 8 heteroatoms. The largest absolute Gasteiger partial charge is 0.391 e. The van der Waals surface area contributed by atoms with Gasteiger partial charge in [-0.2, -0.15) is 0 Å². The zero-order valence-corrected chi connectivity index (χ0v) is 15.5. The monoisotopic (exact) mass is 418 g/mol. The normalized spacial score (nSPS) is 20.3. The molecule has 0 aliphatic carbocycles. The lowest BCUT2D eigenvalue weighted by Gasteiger charge is -2.23. The third kappa shape index (κ3) is 3.01. The van der Waals surface area contributed by atoms with Crippen LogP contribution in [0.1, 0.15) is 6.42 Å². The summed E-state index contributed by atoms with van der Waals surface area (Å²) in [6.45, 7) is 0.339. The number of carbonyl (C=O) groups is 1. The Kier molecular flexibility index (Phi) is 4.18. The first-order chi connectivity index (χ1) is 12.0. The van der Waals surface area contributed by atoms with Gasteiger partial charge in [0.25, 0.3) is 0 Å². The Bertz CT molecular complexity index is 943. The summed E-state index contributed by atoms with van der Waals surface area (Å²) in [6.07, 6.45) is 1.22. The van der Waals surface area contributed by atoms with Crippen molar-refractivity contribution in [1.82, 2.24) is 9.97 Å². The van der Waals surface area contributed by atoms with Crippen molar-refractivity contribution < 1.29 is 9.90 Å². The molecule has 25 heavy (non-hydrogen) atoms. The Morgan fingerprint density at radius 1 is 1.32 bits per heavy atom. The van der Waals surface area contributed by atoms with Gasteiger partial charge in [0.15, 0.2) is 5.82 Å². The van der Waals surface area contributed by atoms with Crippen molar-refractivity contribution in [1.29, 1.82) is 0 Å². The van der Waals surface area contributed by atoms with Gasteiger partial charge < -0.3 is 15.7 Å². The minimum absolute atomic E-state index is 0.325. The molecule has 3 N–H and O–H groups in total. The molecule has 1 saturated heterocycles. The van der Waals surface area contributed by atoms with Crippen LogP contribution in [0.3, 0.4) is 0 Å². The van der Waals surface area contributed by atoms with E-state index >= 15 is 0 Å². The number of anilines is 1. The number of nitrogens with two attached hydrogens (primary N) is 1. The van der Waals surface area contributed by atoms with E-state index in [9.17, 15) is 9.90 Å². The van der Waals surface area contributed by atoms with E-state index in [1.807, 2.05) is 30.3 Å². The number of primary amides is 1. The summed E-state index contributed by atoms with van der Waals surface area (Å²) in [6, 6.07) is 9.52. The maximum absolute atomic E-state index is 11.8. The van der Waals surface area contributed by atoms with Gasteiger partial charge in [-0.15, -0.1) is 11.3 Å². The number of thiophene rings is 1. The Labute approximate surface area is 156 Å². The number of aliphatic hydroxyl groups is 1. The van der Waals surface area contributed by atoms with Crippen molar-refractivity contribution in [2.24, 2.45) is 5.73 Å². The fourth-order valence-corrected chi connectivity index (χ4v) is 4.51. The lowest BCUT2D eigenvalue weighted by molar-refractivity contribution is -0.119. The number of carbonyl (C=O) groups excluding carboxylic acids is 1. The molecule has 2 aromatic heterocycles. The number of hydrogen-bond donors (Lipinski definition) is 2. The van der Waals surface area contributed by atoms with Gasteiger partial charge in [0.1, 0.15) is 12.4 Å². The number of rotatable bonds is 3. The van der Waals surface area contributed by atoms with Crippen molar-refractivity contribution in [3.63, 3.8) is 0 Å². The number of hydrogen-bond acceptors (Lipinski definition) is 6. The molecule has 6 nitrogen and oxygen atoms in total. The van der Waals surface area contributed by atoms with E-state index in [-0.39, 0.29) is 0 Å². The minimum atomic E-state index is -0.589. The second-order valence-corrected chi connectivity index (χ2v) is 7.96. The van der Waals surface area contributed by atoms with Crippen molar-refractivity contribution in [3.05, 3.63) is 41.1 Å². The smallest absolute Gasteiger partial charge is 0.240 e. The highest BCUT2D eigenvalue weighted by Gasteiger charge is 2.36. The number of amides is 1. The van der Waals surface area contributed by atoms with Crippen LogP contribution in [0.5, 0.6) is 0 Å². The quantitative estimate of drug-likeness (QED) is 0.681. The van der Waals surface area contributed by atoms with Gasteiger partial charge in [0.2, 0.25) is 5.91 Å². The summed E-state index contributed by atoms with van der Waals surface area (Å²) in [5, 5.41) is 9.97. The molecule has 1 aliphatic rings. The van der Waals surface area contributed by atoms with Gasteiger partial charge in [-0.3, -0.25) is 4.79 Å². The maximum atomic E-state index is 11.8. The van der Waals surface area contributed by atoms with Gasteiger partial charge in [0, 0.05) is 22.3 Å². The summed E-state index contributed by atoms with van der Waals surface area (Å²) in [7, 11) is 0. The summed E-state index contributed by atoms with van der Waals surface area (Å²) in [5.74, 6) is 0.201. The van der Waals surface area contributed by atoms with Crippen molar-refractivity contribution >= 4 is 49.2 Å². The second kappa shape index (κ2) is 6.36. The fraction of sp³-hybridized carbons (Fsp3) is 0.235. The van der Waals surface area contributed by atoms with E-state index in [1.165, 1.54) is 6.33 Å². The van der Waals surface area contributed by atoms with E-state index in [2.05, 4.69) is 25.9 Å². The van der Waals surface area contributed by atoms with Gasteiger partial charge in [-0.05, 0) is 23.8 Å². The highest BCUT2D eigenvalue weighted by molar-refractivity contribution is 9.10. The van der Waals surface area contributed by atoms with Crippen LogP contribution in [0, 0.1) is 0 Å². The van der Waals surface area contributed by atoms with Crippen LogP contribution >= 0.6 is 27.3 Å². The zero-order valence-electron chi connectivity index (χ0n) is 13.1. The van der Waals surface area contributed by atoms with E-state index in [0.29, 0.717) is 18.8 Å². The molecule has 0 saturated carbocycles. The molecule has 1 aromatic carbocycles. The molecule has 0 radical (unpaired) electrons. The van der Waals surface area contributed by atoms with Crippen LogP contribution in [0.2, 0.25) is 0 Å². The topological polar surface area (TPSA) is 92.3 Å². The molecule has 1 aliphatic heterocycles. The highest BCUT2D eigenvalue weighted by Crippen LogP contribution is 2.39. The fourth-order valence-electron chi connectivity index (χ4n) is 3.12. The molecule has 128 valence electrons. The molecule has 2 atom stereocenters. The van der Waals surface area contributed by atoms with Gasteiger partial charge in [-0.25, -0.2) is 9.97 Å². The lowest BCUT2D eigenvalue weighted by Crippen LogP contribution is -2.40. The lowest BCUT2D eigenvalue weighted by atomic mass is 10.2. The standard InChI is InChI=1S/C17H15BrN4O2S/c18-10-3-1-9(2-4-10)14-6-12-15(25-14)17(21-8-20-12)22-7-11(23)5-13(22)16(19)24/h1-4,6,8,11,13,23H,5,7H2,(H2,19,24)/t11-,13-/m0/s1. The predicted octanol–water partition coefficient (Wildman–Crippen LogP) is 2.55. The molecule has 3 aromatic rings. The van der Waals surface area contributed by atoms with Gasteiger partial charge >= 0.3 is 0 Å². The second-order valence-electron chi connectivity index (χ2n) is 5.99. The van der Waals surface area contributed by atoms with Crippen LogP contribution in [0.15, 0.2) is 41.1 Å². The molecule has 1 amide bonds. The van der Waals surface area contributed by atoms with E-state index in [0.717, 1.165) is 25.1 Å². The summed E-state index contributed by atoms with van der Waals surface area (Å²) in [4.78, 5) is 23.3. The van der Waals surface area contributed by atoms with E-state index in [4.69, 9.17) is 5.73 Å². The maximum Gasteiger partial charge on any atom is 0.240 e. The van der Waals surface area contributed by atoms with Crippen LogP contribution in [0.25, 0.3) is 20.7 Å². The van der Waals surface area contributed by atoms with Crippen LogP contribution in [-0.2, 0) is 4.79 Å². The van der Waals surface area contributed by atoms with Crippen molar-refractivity contribution in [2.45, 2.75) is 18.6 Å². The molecule has 0 bridgehead atoms. The Hall–Kier alpha value is -2.03. The number of aromatic nitrogens is 2. The number of nitrogens with zero attached hydrogens (tertiary/aromatic N) is 3. The van der Waals surface area contributed by atoms with Gasteiger partial charge in [0.05, 0.1) is 16.3 Å². The summed E-state index contributed by atoms with van der Waals surface area (Å²) >= 11 is 5.01. The molecule has 0 spiro atoms. The Morgan fingerprint density at radius 3 is 2.80 bits per heavy atom. The molecule has 3 heterocycles. The zero-order chi connectivity index (χ0) is 17.6. The molecular formula is C17H15BrN4O2S. The van der Waals surface area contributed by atoms with E-state index in [1.54, 1.807) is 16.2 Å². The Morgan fingerprint density at radius 2 is 2.08 bits per heavy atom. The average molecular weight is 419 g/mol. The first kappa shape index (κ1) is 16.4. The minimum Gasteiger partial charge on any atom is -0.391 e. The van der Waals surface area contributed by atoms with Crippen LogP contribution < -0.4 is 10.6 Å². The third-order valence-electron chi connectivity index (χ3n) is 4.30. The Balaban J connectivity index is 1.80. The van der Waals surface area contributed by atoms with Crippen molar-refractivity contribution in [3.8, 4) is 10.4 Å². The first-order valence-corrected chi connectivity index (χ1v) is 9.38. The molecular weight excluding hydrogens is 404 g/mol. The van der Waals surface area contributed by atoms with Crippen LogP contribution in [0.4, 0.5) is 5.82 Å². The number of benzene rings is 1. The van der Waals surface area contributed by atoms with Crippen LogP contribution in [-0.4, -0.2) is 39.7 Å². The third-order valence-corrected chi connectivity index (χ3v) is 6.00. The number of β-amino-alcohol motifs (C(OH)–C–C–N with tert-alkyl or cyclic N) is 1. The van der Waals surface area contributed by atoms with E-state index < -0.39 is 18.1 Å². The number of halogens is 1. The first-order valence-electron chi connectivity index (χ1n) is 7.77. The SMILES string of the molecule is NC(=O)[C@@H]1C[C@H](O)CN1c1ncnc2cc(-c3ccc(Br)cc3)sc12. The van der Waals surface area contributed by atoms with Gasteiger partial charge in [-0.1, -0.05) is 28.1 Å². The molecule has 4 rings (SSSR count). The van der Waals surface area contributed by atoms with Crippen molar-refractivity contribution in [2.75, 3.05) is 11.4 Å². The number of fused-ring (bicyclic) bond motifs is 1. The highest BCUT2D eigenvalue weighted by atomic mass is 79.9. The number of aliphatic hydroxyl groups excluding tert-OH is 1. The summed E-state index contributed by atoms with van der Waals surface area (Å²) < 4.78 is 1.91. The predicted molar refractivity (Wildman–Crippen MR) is 102 cm³/mol. The summed E-state index contributed by atoms with van der Waals surface area (Å²) in [5.41, 5.74) is 7.41.